The molecule has 1 unspecified atom stereocenters. The normalized spacial score (nSPS) is 13.7. The van der Waals surface area contributed by atoms with Crippen molar-refractivity contribution in [1.29, 1.82) is 0 Å². The van der Waals surface area contributed by atoms with Crippen LogP contribution in [-0.4, -0.2) is 13.1 Å². The predicted molar refractivity (Wildman–Crippen MR) is 70.1 cm³/mol. The number of nitrogens with one attached hydrogen (secondary N) is 1. The molecule has 0 saturated carbocycles. The lowest BCUT2D eigenvalue weighted by Crippen LogP contribution is -2.27. The van der Waals surface area contributed by atoms with Crippen LogP contribution in [0.2, 0.25) is 0 Å². The van der Waals surface area contributed by atoms with Crippen LogP contribution in [0.3, 0.4) is 0 Å². The first-order chi connectivity index (χ1) is 7.48. The maximum Gasteiger partial charge on any atom is 0.222 e. The summed E-state index contributed by atoms with van der Waals surface area (Å²) < 4.78 is 25.2. The largest absolute Gasteiger partial charge is 0.222 e. The minimum Gasteiger partial charge on any atom is -0.212 e. The summed E-state index contributed by atoms with van der Waals surface area (Å²) in [5.74, 6) is 0. The van der Waals surface area contributed by atoms with E-state index in [0.717, 1.165) is 12.0 Å². The monoisotopic (exact) mass is 305 g/mol. The van der Waals surface area contributed by atoms with E-state index in [2.05, 4.69) is 27.6 Å². The Bertz CT molecular complexity index is 428. The van der Waals surface area contributed by atoms with Crippen molar-refractivity contribution in [3.63, 3.8) is 0 Å². The lowest BCUT2D eigenvalue weighted by Gasteiger charge is -2.13. The molecule has 0 aliphatic heterocycles. The third-order valence-electron chi connectivity index (χ3n) is 2.39. The van der Waals surface area contributed by atoms with Gasteiger partial charge in [-0.2, -0.15) is 0 Å². The zero-order chi connectivity index (χ0) is 12.2. The molecule has 1 N–H and O–H groups in total. The molecule has 90 valence electrons. The number of sulfonamides is 1. The second kappa shape index (κ2) is 5.80. The van der Waals surface area contributed by atoms with Gasteiger partial charge in [-0.05, 0) is 24.5 Å². The number of alkyl halides is 1. The maximum atomic E-state index is 11.3. The van der Waals surface area contributed by atoms with Crippen molar-refractivity contribution in [2.24, 2.45) is 0 Å². The van der Waals surface area contributed by atoms with Crippen LogP contribution in [0.5, 0.6) is 0 Å². The minimum atomic E-state index is -3.22. The fourth-order valence-corrected chi connectivity index (χ4v) is 2.55. The van der Waals surface area contributed by atoms with Gasteiger partial charge in [-0.3, -0.25) is 0 Å². The average Bonchev–Trinajstić information content (AvgIpc) is 2.28. The lowest BCUT2D eigenvalue weighted by molar-refractivity contribution is 0.572. The van der Waals surface area contributed by atoms with E-state index in [1.54, 1.807) is 0 Å². The van der Waals surface area contributed by atoms with Crippen molar-refractivity contribution in [2.45, 2.75) is 26.3 Å². The molecule has 0 fully saturated rings. The van der Waals surface area contributed by atoms with E-state index >= 15 is 0 Å². The van der Waals surface area contributed by atoms with Gasteiger partial charge in [-0.25, -0.2) is 13.1 Å². The van der Waals surface area contributed by atoms with Crippen molar-refractivity contribution >= 4 is 26.0 Å². The molecule has 0 saturated heterocycles. The number of halogens is 1. The Kier molecular flexibility index (Phi) is 4.95. The first-order valence-electron chi connectivity index (χ1n) is 5.13. The standard InChI is InChI=1S/C11H16BrNO2S/c1-3-10-4-6-11(7-5-10)9(2)13-16(14,15)8-12/h4-7,9,13H,3,8H2,1-2H3. The van der Waals surface area contributed by atoms with Crippen LogP contribution in [0.15, 0.2) is 24.3 Å². The van der Waals surface area contributed by atoms with Crippen molar-refractivity contribution in [1.82, 2.24) is 4.72 Å². The Morgan fingerprint density at radius 1 is 1.31 bits per heavy atom. The van der Waals surface area contributed by atoms with Gasteiger partial charge in [-0.1, -0.05) is 47.1 Å². The lowest BCUT2D eigenvalue weighted by atomic mass is 10.1. The molecule has 0 bridgehead atoms. The van der Waals surface area contributed by atoms with E-state index in [4.69, 9.17) is 0 Å². The highest BCUT2D eigenvalue weighted by molar-refractivity contribution is 9.10. The molecule has 0 radical (unpaired) electrons. The molecule has 1 aromatic carbocycles. The Labute approximate surface area is 105 Å². The molecule has 0 amide bonds. The Hall–Kier alpha value is -0.390. The van der Waals surface area contributed by atoms with Crippen LogP contribution in [0.4, 0.5) is 0 Å². The van der Waals surface area contributed by atoms with Gasteiger partial charge in [0.25, 0.3) is 0 Å². The smallest absolute Gasteiger partial charge is 0.212 e. The van der Waals surface area contributed by atoms with Crippen molar-refractivity contribution in [2.75, 3.05) is 4.66 Å². The number of rotatable bonds is 5. The van der Waals surface area contributed by atoms with Crippen LogP contribution >= 0.6 is 15.9 Å². The zero-order valence-electron chi connectivity index (χ0n) is 9.40. The van der Waals surface area contributed by atoms with Gasteiger partial charge in [0.05, 0.1) is 0 Å². The van der Waals surface area contributed by atoms with Crippen LogP contribution in [0.25, 0.3) is 0 Å². The fourth-order valence-electron chi connectivity index (χ4n) is 1.41. The van der Waals surface area contributed by atoms with Crippen molar-refractivity contribution in [3.8, 4) is 0 Å². The highest BCUT2D eigenvalue weighted by Crippen LogP contribution is 2.15. The molecule has 16 heavy (non-hydrogen) atoms. The van der Waals surface area contributed by atoms with E-state index in [1.165, 1.54) is 5.56 Å². The number of hydrogen-bond donors (Lipinski definition) is 1. The molecule has 1 atom stereocenters. The second-order valence-corrected chi connectivity index (χ2v) is 6.72. The van der Waals surface area contributed by atoms with Gasteiger partial charge in [-0.15, -0.1) is 0 Å². The van der Waals surface area contributed by atoms with Gasteiger partial charge in [0.15, 0.2) is 0 Å². The van der Waals surface area contributed by atoms with Gasteiger partial charge in [0.2, 0.25) is 10.0 Å². The molecule has 0 heterocycles. The van der Waals surface area contributed by atoms with E-state index in [0.29, 0.717) is 0 Å². The minimum absolute atomic E-state index is 0.0720. The molecule has 0 spiro atoms. The third-order valence-corrected chi connectivity index (χ3v) is 5.20. The van der Waals surface area contributed by atoms with E-state index in [1.807, 2.05) is 31.2 Å². The van der Waals surface area contributed by atoms with Crippen LogP contribution in [0.1, 0.15) is 31.0 Å². The summed E-state index contributed by atoms with van der Waals surface area (Å²) in [4.78, 5) is 0. The molecular weight excluding hydrogens is 290 g/mol. The maximum absolute atomic E-state index is 11.3. The van der Waals surface area contributed by atoms with Crippen LogP contribution < -0.4 is 4.72 Å². The van der Waals surface area contributed by atoms with Crippen molar-refractivity contribution in [3.05, 3.63) is 35.4 Å². The molecular formula is C11H16BrNO2S. The zero-order valence-corrected chi connectivity index (χ0v) is 11.8. The van der Waals surface area contributed by atoms with Gasteiger partial charge in [0, 0.05) is 6.04 Å². The summed E-state index contributed by atoms with van der Waals surface area (Å²) >= 11 is 2.94. The topological polar surface area (TPSA) is 46.2 Å². The van der Waals surface area contributed by atoms with Crippen LogP contribution in [0, 0.1) is 0 Å². The van der Waals surface area contributed by atoms with Crippen LogP contribution in [-0.2, 0) is 16.4 Å². The number of aryl methyl sites for hydroxylation is 1. The summed E-state index contributed by atoms with van der Waals surface area (Å²) in [5.41, 5.74) is 2.22. The molecule has 0 aromatic heterocycles. The Morgan fingerprint density at radius 3 is 2.31 bits per heavy atom. The molecule has 0 aliphatic carbocycles. The Morgan fingerprint density at radius 2 is 1.88 bits per heavy atom. The Balaban J connectivity index is 2.77. The van der Waals surface area contributed by atoms with Gasteiger partial charge < -0.3 is 0 Å². The summed E-state index contributed by atoms with van der Waals surface area (Å²) in [5, 5.41) is 0. The quantitative estimate of drug-likeness (QED) is 0.850. The first kappa shape index (κ1) is 13.7. The van der Waals surface area contributed by atoms with Crippen molar-refractivity contribution < 1.29 is 8.42 Å². The third kappa shape index (κ3) is 3.88. The fraction of sp³-hybridized carbons (Fsp3) is 0.455. The SMILES string of the molecule is CCc1ccc(C(C)NS(=O)(=O)CBr)cc1. The molecule has 0 aliphatic rings. The molecule has 3 nitrogen and oxygen atoms in total. The summed E-state index contributed by atoms with van der Waals surface area (Å²) in [6, 6.07) is 7.76. The van der Waals surface area contributed by atoms with E-state index < -0.39 is 10.0 Å². The van der Waals surface area contributed by atoms with Gasteiger partial charge >= 0.3 is 0 Å². The van der Waals surface area contributed by atoms with Gasteiger partial charge in [0.1, 0.15) is 4.66 Å². The van der Waals surface area contributed by atoms with E-state index in [-0.39, 0.29) is 10.7 Å². The first-order valence-corrected chi connectivity index (χ1v) is 7.90. The molecule has 1 rings (SSSR count). The number of hydrogen-bond acceptors (Lipinski definition) is 2. The highest BCUT2D eigenvalue weighted by atomic mass is 79.9. The molecule has 5 heteroatoms. The summed E-state index contributed by atoms with van der Waals surface area (Å²) in [6.45, 7) is 3.92. The van der Waals surface area contributed by atoms with E-state index in [9.17, 15) is 8.42 Å². The molecule has 1 aromatic rings. The summed E-state index contributed by atoms with van der Waals surface area (Å²) in [6.07, 6.45) is 0.988. The predicted octanol–water partition coefficient (Wildman–Crippen LogP) is 2.58. The highest BCUT2D eigenvalue weighted by Gasteiger charge is 2.13. The second-order valence-electron chi connectivity index (χ2n) is 3.66. The average molecular weight is 306 g/mol. The summed E-state index contributed by atoms with van der Waals surface area (Å²) in [7, 11) is -3.22. The number of benzene rings is 1.